The van der Waals surface area contributed by atoms with Crippen molar-refractivity contribution in [3.63, 3.8) is 0 Å². The molecular weight excluding hydrogens is 376 g/mol. The third-order valence-corrected chi connectivity index (χ3v) is 4.46. The molecule has 0 atom stereocenters. The summed E-state index contributed by atoms with van der Waals surface area (Å²) in [5, 5.41) is 2.50. The van der Waals surface area contributed by atoms with Gasteiger partial charge in [0.25, 0.3) is 0 Å². The molecule has 0 aliphatic rings. The van der Waals surface area contributed by atoms with Gasteiger partial charge in [0.1, 0.15) is 0 Å². The summed E-state index contributed by atoms with van der Waals surface area (Å²) in [5.74, 6) is 0. The van der Waals surface area contributed by atoms with Crippen LogP contribution in [0.25, 0.3) is 16.3 Å². The van der Waals surface area contributed by atoms with Crippen molar-refractivity contribution in [1.29, 1.82) is 0 Å². The van der Waals surface area contributed by atoms with Crippen molar-refractivity contribution in [2.75, 3.05) is 0 Å². The molecule has 0 unspecified atom stereocenters. The maximum Gasteiger partial charge on any atom is 0.0256 e. The Kier molecular flexibility index (Phi) is 6.70. The van der Waals surface area contributed by atoms with E-state index in [2.05, 4.69) is 88.7 Å². The van der Waals surface area contributed by atoms with Crippen molar-refractivity contribution in [2.24, 2.45) is 0 Å². The molecule has 0 amide bonds. The van der Waals surface area contributed by atoms with Gasteiger partial charge in [0.2, 0.25) is 0 Å². The Morgan fingerprint density at radius 3 is 2.00 bits per heavy atom. The lowest BCUT2D eigenvalue weighted by Crippen LogP contribution is -1.88. The molecule has 0 bridgehead atoms. The first kappa shape index (κ1) is 17.2. The summed E-state index contributed by atoms with van der Waals surface area (Å²) in [6.45, 7) is 12.1. The van der Waals surface area contributed by atoms with E-state index in [9.17, 15) is 0 Å². The van der Waals surface area contributed by atoms with Crippen molar-refractivity contribution in [3.8, 4) is 0 Å². The topological polar surface area (TPSA) is 0 Å². The molecule has 0 N–H and O–H groups in total. The smallest absolute Gasteiger partial charge is 0.0256 e. The fourth-order valence-corrected chi connectivity index (χ4v) is 2.86. The van der Waals surface area contributed by atoms with Gasteiger partial charge in [-0.25, -0.2) is 0 Å². The number of hydrogen-bond acceptors (Lipinski definition) is 0. The molecule has 0 aliphatic carbocycles. The van der Waals surface area contributed by atoms with Gasteiger partial charge >= 0.3 is 0 Å². The van der Waals surface area contributed by atoms with Crippen LogP contribution in [-0.4, -0.2) is 0 Å². The van der Waals surface area contributed by atoms with Crippen molar-refractivity contribution in [2.45, 2.75) is 27.7 Å². The lowest BCUT2D eigenvalue weighted by Gasteiger charge is -2.11. The summed E-state index contributed by atoms with van der Waals surface area (Å²) in [6.07, 6.45) is 0. The Morgan fingerprint density at radius 2 is 1.50 bits per heavy atom. The van der Waals surface area contributed by atoms with Crippen LogP contribution < -0.4 is 0 Å². The van der Waals surface area contributed by atoms with Gasteiger partial charge in [-0.1, -0.05) is 76.6 Å². The second-order valence-corrected chi connectivity index (χ2v) is 6.15. The molecule has 0 saturated carbocycles. The predicted molar refractivity (Wildman–Crippen MR) is 99.3 cm³/mol. The van der Waals surface area contributed by atoms with Crippen LogP contribution >= 0.6 is 31.9 Å². The highest BCUT2D eigenvalue weighted by molar-refractivity contribution is 9.12. The van der Waals surface area contributed by atoms with Gasteiger partial charge in [0.15, 0.2) is 0 Å². The molecule has 0 aromatic heterocycles. The highest BCUT2D eigenvalue weighted by atomic mass is 79.9. The van der Waals surface area contributed by atoms with Crippen LogP contribution in [0.4, 0.5) is 0 Å². The first-order valence-electron chi connectivity index (χ1n) is 6.71. The monoisotopic (exact) mass is 394 g/mol. The fourth-order valence-electron chi connectivity index (χ4n) is 1.91. The van der Waals surface area contributed by atoms with Crippen LogP contribution in [-0.2, 0) is 0 Å². The van der Waals surface area contributed by atoms with Gasteiger partial charge in [-0.05, 0) is 53.5 Å². The van der Waals surface area contributed by atoms with Gasteiger partial charge in [0.05, 0.1) is 0 Å². The third-order valence-electron chi connectivity index (χ3n) is 3.21. The largest absolute Gasteiger partial charge is 0.0845 e. The van der Waals surface area contributed by atoms with Gasteiger partial charge in [-0.3, -0.25) is 0 Å². The zero-order chi connectivity index (χ0) is 15.3. The van der Waals surface area contributed by atoms with Gasteiger partial charge in [-0.15, -0.1) is 0 Å². The van der Waals surface area contributed by atoms with Crippen LogP contribution in [0.15, 0.2) is 57.5 Å². The maximum atomic E-state index is 3.94. The standard InChI is InChI=1S/C16H14Br2.C2H6/c1-10(12(3)17)11(2)15-8-13-6-4-5-7-14(13)9-16(15)18;1-2/h4-9H,3H2,1-2H3;1-2H3/b11-10+;. The number of fused-ring (bicyclic) bond motifs is 1. The van der Waals surface area contributed by atoms with Gasteiger partial charge in [-0.2, -0.15) is 0 Å². The minimum Gasteiger partial charge on any atom is -0.0845 e. The summed E-state index contributed by atoms with van der Waals surface area (Å²) in [6, 6.07) is 12.8. The van der Waals surface area contributed by atoms with E-state index in [1.165, 1.54) is 27.5 Å². The molecule has 0 aliphatic heterocycles. The third kappa shape index (κ3) is 3.83. The molecule has 2 heteroatoms. The lowest BCUT2D eigenvalue weighted by molar-refractivity contribution is 1.45. The number of hydrogen-bond donors (Lipinski definition) is 0. The van der Waals surface area contributed by atoms with E-state index in [0.717, 1.165) is 8.96 Å². The Hall–Kier alpha value is -0.860. The Bertz CT molecular complexity index is 652. The molecule has 106 valence electrons. The van der Waals surface area contributed by atoms with Crippen LogP contribution in [0.2, 0.25) is 0 Å². The molecule has 0 radical (unpaired) electrons. The van der Waals surface area contributed by atoms with E-state index in [-0.39, 0.29) is 0 Å². The summed E-state index contributed by atoms with van der Waals surface area (Å²) in [4.78, 5) is 0. The second kappa shape index (κ2) is 7.80. The minimum absolute atomic E-state index is 0.931. The van der Waals surface area contributed by atoms with Crippen molar-refractivity contribution >= 4 is 48.2 Å². The molecule has 0 fully saturated rings. The fraction of sp³-hybridized carbons (Fsp3) is 0.222. The second-order valence-electron chi connectivity index (χ2n) is 4.33. The first-order chi connectivity index (χ1) is 9.50. The number of halogens is 2. The van der Waals surface area contributed by atoms with Crippen LogP contribution in [0.5, 0.6) is 0 Å². The van der Waals surface area contributed by atoms with Crippen LogP contribution in [0.3, 0.4) is 0 Å². The first-order valence-corrected chi connectivity index (χ1v) is 8.30. The van der Waals surface area contributed by atoms with Crippen LogP contribution in [0, 0.1) is 0 Å². The molecule has 0 saturated heterocycles. The van der Waals surface area contributed by atoms with E-state index in [0.29, 0.717) is 0 Å². The average Bonchev–Trinajstić information content (AvgIpc) is 2.47. The van der Waals surface area contributed by atoms with Crippen molar-refractivity contribution < 1.29 is 0 Å². The Labute approximate surface area is 138 Å². The van der Waals surface area contributed by atoms with Crippen molar-refractivity contribution in [1.82, 2.24) is 0 Å². The average molecular weight is 396 g/mol. The Balaban J connectivity index is 0.000000956. The molecule has 20 heavy (non-hydrogen) atoms. The highest BCUT2D eigenvalue weighted by Gasteiger charge is 2.08. The molecule has 0 spiro atoms. The zero-order valence-corrected chi connectivity index (χ0v) is 15.6. The Morgan fingerprint density at radius 1 is 1.00 bits per heavy atom. The van der Waals surface area contributed by atoms with Crippen molar-refractivity contribution in [3.05, 3.63) is 63.1 Å². The molecule has 0 heterocycles. The normalized spacial score (nSPS) is 11.5. The summed E-state index contributed by atoms with van der Waals surface area (Å²) in [7, 11) is 0. The van der Waals surface area contributed by atoms with E-state index in [1.54, 1.807) is 0 Å². The summed E-state index contributed by atoms with van der Waals surface area (Å²) < 4.78 is 2.05. The number of benzene rings is 2. The highest BCUT2D eigenvalue weighted by Crippen LogP contribution is 2.33. The lowest BCUT2D eigenvalue weighted by atomic mass is 9.99. The van der Waals surface area contributed by atoms with E-state index in [4.69, 9.17) is 0 Å². The molecule has 2 aromatic carbocycles. The predicted octanol–water partition coefficient (Wildman–Crippen LogP) is 7.33. The molecular formula is C18H20Br2. The number of allylic oxidation sites excluding steroid dienone is 3. The summed E-state index contributed by atoms with van der Waals surface area (Å²) in [5.41, 5.74) is 3.62. The zero-order valence-electron chi connectivity index (χ0n) is 12.4. The van der Waals surface area contributed by atoms with Gasteiger partial charge in [0, 0.05) is 8.96 Å². The van der Waals surface area contributed by atoms with E-state index < -0.39 is 0 Å². The van der Waals surface area contributed by atoms with Gasteiger partial charge < -0.3 is 0 Å². The summed E-state index contributed by atoms with van der Waals surface area (Å²) >= 11 is 7.10. The molecule has 0 nitrogen and oxygen atoms in total. The minimum atomic E-state index is 0.931. The van der Waals surface area contributed by atoms with E-state index in [1.807, 2.05) is 13.8 Å². The quantitative estimate of drug-likeness (QED) is 0.466. The number of rotatable bonds is 2. The molecule has 2 rings (SSSR count). The van der Waals surface area contributed by atoms with Crippen LogP contribution in [0.1, 0.15) is 33.3 Å². The maximum absolute atomic E-state index is 3.94. The van der Waals surface area contributed by atoms with E-state index >= 15 is 0 Å². The molecule has 2 aromatic rings. The SMILES string of the molecule is C=C(Br)/C(C)=C(\C)c1cc2ccccc2cc1Br.CC.